The number of nitrogens with one attached hydrogen (secondary N) is 2. The lowest BCUT2D eigenvalue weighted by molar-refractivity contribution is -0.274. The molecule has 0 aromatic heterocycles. The lowest BCUT2D eigenvalue weighted by atomic mass is 10.3. The Labute approximate surface area is 158 Å². The molecule has 5 nitrogen and oxygen atoms in total. The van der Waals surface area contributed by atoms with Crippen molar-refractivity contribution in [3.8, 4) is 17.2 Å². The Kier molecular flexibility index (Phi) is 5.69. The average Bonchev–Trinajstić information content (AvgIpc) is 2.65. The number of halogens is 3. The normalized spacial score (nSPS) is 10.8. The van der Waals surface area contributed by atoms with Crippen LogP contribution >= 0.6 is 0 Å². The fraction of sp³-hybridized carbons (Fsp3) is 0.0500. The van der Waals surface area contributed by atoms with Crippen molar-refractivity contribution >= 4 is 17.4 Å². The first-order chi connectivity index (χ1) is 13.4. The Bertz CT molecular complexity index is 912. The predicted octanol–water partition coefficient (Wildman–Crippen LogP) is 6.02. The zero-order valence-electron chi connectivity index (χ0n) is 14.4. The van der Waals surface area contributed by atoms with Crippen LogP contribution in [0.2, 0.25) is 0 Å². The summed E-state index contributed by atoms with van der Waals surface area (Å²) in [4.78, 5) is 12.0. The van der Waals surface area contributed by atoms with Crippen LogP contribution in [0, 0.1) is 0 Å². The molecule has 0 bridgehead atoms. The molecule has 0 aliphatic heterocycles. The number of urea groups is 1. The third-order valence-electron chi connectivity index (χ3n) is 3.44. The number of ether oxygens (including phenoxy) is 2. The van der Waals surface area contributed by atoms with Gasteiger partial charge in [0.2, 0.25) is 0 Å². The Morgan fingerprint density at radius 2 is 1.14 bits per heavy atom. The van der Waals surface area contributed by atoms with Crippen LogP contribution in [0.5, 0.6) is 17.2 Å². The van der Waals surface area contributed by atoms with Crippen molar-refractivity contribution in [1.29, 1.82) is 0 Å². The van der Waals surface area contributed by atoms with E-state index >= 15 is 0 Å². The molecule has 2 N–H and O–H groups in total. The zero-order chi connectivity index (χ0) is 20.0. The molecule has 3 aromatic carbocycles. The number of rotatable bonds is 5. The van der Waals surface area contributed by atoms with Crippen molar-refractivity contribution in [2.24, 2.45) is 0 Å². The van der Waals surface area contributed by atoms with E-state index in [0.717, 1.165) is 12.1 Å². The van der Waals surface area contributed by atoms with E-state index in [1.165, 1.54) is 12.1 Å². The van der Waals surface area contributed by atoms with Crippen LogP contribution in [0.4, 0.5) is 29.3 Å². The standard InChI is InChI=1S/C20H15F3N2O3/c21-20(22,23)28-18-12-8-15(9-13-18)25-19(26)24-14-6-10-17(11-7-14)27-16-4-2-1-3-5-16/h1-13H,(H2,24,25,26). The van der Waals surface area contributed by atoms with Gasteiger partial charge in [0.15, 0.2) is 0 Å². The molecule has 0 radical (unpaired) electrons. The van der Waals surface area contributed by atoms with Gasteiger partial charge < -0.3 is 20.1 Å². The van der Waals surface area contributed by atoms with Crippen LogP contribution in [0.15, 0.2) is 78.9 Å². The molecule has 0 aliphatic carbocycles. The molecule has 0 atom stereocenters. The first kappa shape index (κ1) is 19.1. The third kappa shape index (κ3) is 5.94. The number of carbonyl (C=O) groups excluding carboxylic acids is 1. The Morgan fingerprint density at radius 3 is 1.64 bits per heavy atom. The molecular weight excluding hydrogens is 373 g/mol. The van der Waals surface area contributed by atoms with Gasteiger partial charge in [-0.2, -0.15) is 0 Å². The van der Waals surface area contributed by atoms with Crippen molar-refractivity contribution < 1.29 is 27.4 Å². The summed E-state index contributed by atoms with van der Waals surface area (Å²) in [5.74, 6) is 0.934. The molecule has 0 fully saturated rings. The molecule has 0 spiro atoms. The van der Waals surface area contributed by atoms with E-state index in [1.807, 2.05) is 30.3 Å². The summed E-state index contributed by atoms with van der Waals surface area (Å²) in [7, 11) is 0. The predicted molar refractivity (Wildman–Crippen MR) is 98.7 cm³/mol. The van der Waals surface area contributed by atoms with Gasteiger partial charge in [-0.1, -0.05) is 18.2 Å². The molecule has 3 aromatic rings. The van der Waals surface area contributed by atoms with Gasteiger partial charge in [0.25, 0.3) is 0 Å². The van der Waals surface area contributed by atoms with E-state index in [9.17, 15) is 18.0 Å². The van der Waals surface area contributed by atoms with E-state index in [4.69, 9.17) is 4.74 Å². The minimum absolute atomic E-state index is 0.316. The van der Waals surface area contributed by atoms with Gasteiger partial charge in [-0.15, -0.1) is 13.2 Å². The zero-order valence-corrected chi connectivity index (χ0v) is 14.4. The minimum atomic E-state index is -4.76. The average molecular weight is 388 g/mol. The van der Waals surface area contributed by atoms with E-state index in [-0.39, 0.29) is 5.75 Å². The topological polar surface area (TPSA) is 59.6 Å². The second-order valence-electron chi connectivity index (χ2n) is 5.59. The fourth-order valence-electron chi connectivity index (χ4n) is 2.26. The van der Waals surface area contributed by atoms with Crippen molar-refractivity contribution in [3.63, 3.8) is 0 Å². The van der Waals surface area contributed by atoms with Crippen LogP contribution in [0.25, 0.3) is 0 Å². The van der Waals surface area contributed by atoms with Gasteiger partial charge in [0.05, 0.1) is 0 Å². The van der Waals surface area contributed by atoms with Crippen molar-refractivity contribution in [3.05, 3.63) is 78.9 Å². The summed E-state index contributed by atoms with van der Waals surface area (Å²) in [6.45, 7) is 0. The second kappa shape index (κ2) is 8.34. The SMILES string of the molecule is O=C(Nc1ccc(Oc2ccccc2)cc1)Nc1ccc(OC(F)(F)F)cc1. The summed E-state index contributed by atoms with van der Waals surface area (Å²) >= 11 is 0. The van der Waals surface area contributed by atoms with Gasteiger partial charge in [-0.3, -0.25) is 0 Å². The van der Waals surface area contributed by atoms with E-state index in [2.05, 4.69) is 15.4 Å². The molecule has 0 heterocycles. The van der Waals surface area contributed by atoms with E-state index in [1.54, 1.807) is 24.3 Å². The number of alkyl halides is 3. The van der Waals surface area contributed by atoms with Gasteiger partial charge in [0, 0.05) is 11.4 Å². The molecule has 144 valence electrons. The molecule has 28 heavy (non-hydrogen) atoms. The number of carbonyl (C=O) groups is 1. The van der Waals surface area contributed by atoms with Crippen LogP contribution in [-0.2, 0) is 0 Å². The first-order valence-corrected chi connectivity index (χ1v) is 8.14. The number of anilines is 2. The highest BCUT2D eigenvalue weighted by Crippen LogP contribution is 2.25. The summed E-state index contributed by atoms with van der Waals surface area (Å²) in [6.07, 6.45) is -4.76. The third-order valence-corrected chi connectivity index (χ3v) is 3.44. The lowest BCUT2D eigenvalue weighted by Crippen LogP contribution is -2.19. The van der Waals surface area contributed by atoms with Crippen molar-refractivity contribution in [1.82, 2.24) is 0 Å². The number of amides is 2. The summed E-state index contributed by atoms with van der Waals surface area (Å²) in [5, 5.41) is 5.13. The molecule has 3 rings (SSSR count). The Morgan fingerprint density at radius 1 is 0.679 bits per heavy atom. The Hall–Kier alpha value is -3.68. The largest absolute Gasteiger partial charge is 0.573 e. The maximum Gasteiger partial charge on any atom is 0.573 e. The van der Waals surface area contributed by atoms with Crippen molar-refractivity contribution in [2.75, 3.05) is 10.6 Å². The van der Waals surface area contributed by atoms with Gasteiger partial charge in [0.1, 0.15) is 17.2 Å². The number of hydrogen-bond donors (Lipinski definition) is 2. The molecule has 0 aliphatic rings. The summed E-state index contributed by atoms with van der Waals surface area (Å²) in [5.41, 5.74) is 0.839. The van der Waals surface area contributed by atoms with E-state index < -0.39 is 12.4 Å². The van der Waals surface area contributed by atoms with E-state index in [0.29, 0.717) is 22.9 Å². The monoisotopic (exact) mass is 388 g/mol. The smallest absolute Gasteiger partial charge is 0.457 e. The highest BCUT2D eigenvalue weighted by Gasteiger charge is 2.30. The molecular formula is C20H15F3N2O3. The lowest BCUT2D eigenvalue weighted by Gasteiger charge is -2.11. The molecule has 8 heteroatoms. The van der Waals surface area contributed by atoms with Gasteiger partial charge in [-0.05, 0) is 60.7 Å². The van der Waals surface area contributed by atoms with Crippen molar-refractivity contribution in [2.45, 2.75) is 6.36 Å². The van der Waals surface area contributed by atoms with Gasteiger partial charge in [-0.25, -0.2) is 4.79 Å². The van der Waals surface area contributed by atoms with Crippen LogP contribution in [0.3, 0.4) is 0 Å². The summed E-state index contributed by atoms with van der Waals surface area (Å²) in [6, 6.07) is 20.3. The fourth-order valence-corrected chi connectivity index (χ4v) is 2.26. The molecule has 0 saturated carbocycles. The van der Waals surface area contributed by atoms with Crippen LogP contribution in [0.1, 0.15) is 0 Å². The molecule has 2 amide bonds. The summed E-state index contributed by atoms with van der Waals surface area (Å²) < 4.78 is 45.8. The highest BCUT2D eigenvalue weighted by molar-refractivity contribution is 5.99. The highest BCUT2D eigenvalue weighted by atomic mass is 19.4. The minimum Gasteiger partial charge on any atom is -0.457 e. The quantitative estimate of drug-likeness (QED) is 0.562. The molecule has 0 unspecified atom stereocenters. The number of para-hydroxylation sites is 1. The maximum absolute atomic E-state index is 12.1. The van der Waals surface area contributed by atoms with Crippen LogP contribution in [-0.4, -0.2) is 12.4 Å². The second-order valence-corrected chi connectivity index (χ2v) is 5.59. The first-order valence-electron chi connectivity index (χ1n) is 8.14. The number of hydrogen-bond acceptors (Lipinski definition) is 3. The van der Waals surface area contributed by atoms with Gasteiger partial charge >= 0.3 is 12.4 Å². The Balaban J connectivity index is 1.53. The molecule has 0 saturated heterocycles. The number of benzene rings is 3. The maximum atomic E-state index is 12.1. The van der Waals surface area contributed by atoms with Crippen LogP contribution < -0.4 is 20.1 Å².